The number of esters is 8. The van der Waals surface area contributed by atoms with Gasteiger partial charge >= 0.3 is 109 Å². The first-order chi connectivity index (χ1) is 43.7. The third kappa shape index (κ3) is 26.4. The summed E-state index contributed by atoms with van der Waals surface area (Å²) in [7, 11) is -38.3. The van der Waals surface area contributed by atoms with Crippen molar-refractivity contribution in [1.29, 1.82) is 0 Å². The van der Waals surface area contributed by atoms with E-state index in [-0.39, 0.29) is 179 Å². The molecule has 0 aliphatic carbocycles. The predicted octanol–water partition coefficient (Wildman–Crippen LogP) is 6.47. The summed E-state index contributed by atoms with van der Waals surface area (Å²) in [5.41, 5.74) is 0.948. The number of hydrogen-bond acceptors (Lipinski definition) is 28. The van der Waals surface area contributed by atoms with Gasteiger partial charge in [-0.1, -0.05) is 59.9 Å². The molecule has 0 spiro atoms. The first kappa shape index (κ1) is 80.8. The van der Waals surface area contributed by atoms with Crippen LogP contribution in [0.1, 0.15) is 114 Å². The molecule has 0 amide bonds. The quantitative estimate of drug-likeness (QED) is 0.0208. The zero-order chi connectivity index (χ0) is 69.3. The molecule has 4 rings (SSSR count). The van der Waals surface area contributed by atoms with Crippen molar-refractivity contribution in [3.05, 3.63) is 85.1 Å². The van der Waals surface area contributed by atoms with Gasteiger partial charge in [0.05, 0.1) is 58.8 Å². The van der Waals surface area contributed by atoms with Gasteiger partial charge in [-0.3, -0.25) is 4.79 Å². The number of fused-ring (bicyclic) bond motifs is 4. The minimum Gasteiger partial charge on any atom is -0.465 e. The summed E-state index contributed by atoms with van der Waals surface area (Å²) >= 11 is 0. The molecule has 37 heteroatoms. The Labute approximate surface area is 557 Å². The molecule has 0 aromatic carbocycles. The van der Waals surface area contributed by atoms with Crippen LogP contribution in [0.2, 0.25) is 48.4 Å². The maximum Gasteiger partial charge on any atom is 0.479 e. The van der Waals surface area contributed by atoms with Crippen LogP contribution in [0.25, 0.3) is 0 Å². The van der Waals surface area contributed by atoms with Gasteiger partial charge < -0.3 is 87.3 Å². The van der Waals surface area contributed by atoms with Gasteiger partial charge in [0.2, 0.25) is 0 Å². The van der Waals surface area contributed by atoms with Crippen molar-refractivity contribution in [2.45, 2.75) is 162 Å². The molecule has 4 aliphatic heterocycles. The van der Waals surface area contributed by atoms with Crippen molar-refractivity contribution in [3.63, 3.8) is 0 Å². The first-order valence-electron chi connectivity index (χ1n) is 30.9. The SMILES string of the molecule is C=C(C)C(=O)OCCC[SiH2]O[Si]1(CCCOC(=O)C(=C)C)O[Si]2(CCCOC(=O)C(=C)C)O[Si]3(CCCOC(=O)C(=C)C)O[SiH2]O[Si]4(CCCOC(=O)C(=C)C)O[Si](CCCOC(=O)C(=C)C)(O1)O[Si](CCCOC(=O)C(C)C)(O2)O[Si](CCCOC(=O)C(=C)C)(O3)O4. The second-order valence-electron chi connectivity index (χ2n) is 23.1. The van der Waals surface area contributed by atoms with Gasteiger partial charge in [-0.2, -0.15) is 0 Å². The summed E-state index contributed by atoms with van der Waals surface area (Å²) in [5.74, 6) is -5.75. The lowest BCUT2D eigenvalue weighted by molar-refractivity contribution is -0.147. The van der Waals surface area contributed by atoms with Gasteiger partial charge in [0, 0.05) is 81.3 Å². The molecule has 522 valence electrons. The van der Waals surface area contributed by atoms with E-state index in [4.69, 9.17) is 87.3 Å². The normalized spacial score (nSPS) is 25.8. The van der Waals surface area contributed by atoms with Crippen molar-refractivity contribution in [2.75, 3.05) is 52.9 Å². The van der Waals surface area contributed by atoms with E-state index in [0.717, 1.165) is 0 Å². The Kier molecular flexibility index (Phi) is 32.9. The molecule has 0 aromatic rings. The van der Waals surface area contributed by atoms with E-state index in [2.05, 4.69) is 46.1 Å². The second-order valence-corrected chi connectivity index (χ2v) is 48.3. The zero-order valence-corrected chi connectivity index (χ0v) is 65.2. The molecule has 6 bridgehead atoms. The Morgan fingerprint density at radius 3 is 0.828 bits per heavy atom. The van der Waals surface area contributed by atoms with Crippen LogP contribution in [-0.2, 0) is 126 Å². The molecule has 28 nitrogen and oxygen atoms in total. The van der Waals surface area contributed by atoms with Crippen molar-refractivity contribution >= 4 is 129 Å². The van der Waals surface area contributed by atoms with Gasteiger partial charge in [0.15, 0.2) is 9.76 Å². The van der Waals surface area contributed by atoms with Crippen LogP contribution in [0, 0.1) is 5.92 Å². The number of ether oxygens (including phenoxy) is 8. The van der Waals surface area contributed by atoms with E-state index in [9.17, 15) is 38.4 Å². The molecule has 4 fully saturated rings. The fourth-order valence-corrected chi connectivity index (χ4v) is 56.1. The lowest BCUT2D eigenvalue weighted by Gasteiger charge is -2.59. The smallest absolute Gasteiger partial charge is 0.465 e. The van der Waals surface area contributed by atoms with E-state index in [0.29, 0.717) is 12.5 Å². The number of rotatable bonds is 42. The summed E-state index contributed by atoms with van der Waals surface area (Å²) in [6.45, 7) is 38.3. The Hall–Kier alpha value is -4.59. The molecule has 0 N–H and O–H groups in total. The standard InChI is InChI=1S/C56H94O28Si9/c1-41(2)49(57)65-25-17-33-85-73-87(34-18-26-66-50(58)42(3)4)76-90(37-21-29-69-53(61)45(9)10)78-88(35-19-27-67-51(59)43(5)6)74-86-75-89(36-20-28-68-52(60)44(7)8)79-91(77-87,38-22-30-70-54(62)46(11)12)83-93(82-90,40-24-32-72-56(64)48(15)16)84-92(80-88,81-89)39-23-31-71-55(63)47(13)14/h48H,1,3,5,7,9,11,13,17-40,85-86H2,2,4,6,8,10,12,14-16H3. The first-order valence-corrected chi connectivity index (χ1v) is 47.1. The van der Waals surface area contributed by atoms with Crippen LogP contribution >= 0.6 is 0 Å². The molecule has 0 aromatic heterocycles. The van der Waals surface area contributed by atoms with Gasteiger partial charge in [0.1, 0.15) is 0 Å². The lowest BCUT2D eigenvalue weighted by atomic mass is 10.2. The summed E-state index contributed by atoms with van der Waals surface area (Å²) in [4.78, 5) is 104. The fourth-order valence-electron chi connectivity index (χ4n) is 8.77. The van der Waals surface area contributed by atoms with E-state index in [1.807, 2.05) is 0 Å². The molecular weight excluding hydrogens is 1370 g/mol. The van der Waals surface area contributed by atoms with Gasteiger partial charge in [0.25, 0.3) is 10.0 Å². The summed E-state index contributed by atoms with van der Waals surface area (Å²) in [6, 6.07) is -1.05. The van der Waals surface area contributed by atoms with E-state index < -0.39 is 135 Å². The van der Waals surface area contributed by atoms with Gasteiger partial charge in [-0.25, -0.2) is 33.6 Å². The van der Waals surface area contributed by atoms with Crippen LogP contribution < -0.4 is 0 Å². The van der Waals surface area contributed by atoms with Crippen molar-refractivity contribution in [3.8, 4) is 0 Å². The molecular formula is C56H94O28Si9. The summed E-state index contributed by atoms with van der Waals surface area (Å²) in [6.07, 6.45) is 0.191. The average molecular weight is 1470 g/mol. The predicted molar refractivity (Wildman–Crippen MR) is 352 cm³/mol. The number of carbonyl (C=O) groups is 8. The fraction of sp³-hybridized carbons (Fsp3) is 0.607. The Morgan fingerprint density at radius 2 is 0.559 bits per heavy atom. The number of hydrogen-bond donors (Lipinski definition) is 0. The zero-order valence-electron chi connectivity index (χ0n) is 55.3. The van der Waals surface area contributed by atoms with Crippen LogP contribution in [0.3, 0.4) is 0 Å². The monoisotopic (exact) mass is 1470 g/mol. The summed E-state index contributed by atoms with van der Waals surface area (Å²) < 4.78 is 136. The van der Waals surface area contributed by atoms with Crippen molar-refractivity contribution in [2.24, 2.45) is 5.92 Å². The van der Waals surface area contributed by atoms with E-state index >= 15 is 0 Å². The molecule has 4 saturated heterocycles. The van der Waals surface area contributed by atoms with E-state index in [1.165, 1.54) is 48.5 Å². The van der Waals surface area contributed by atoms with Crippen molar-refractivity contribution < 1.29 is 126 Å². The Balaban J connectivity index is 2.23. The number of carbonyl (C=O) groups excluding carboxylic acids is 8. The minimum atomic E-state index is -4.96. The molecule has 4 atom stereocenters. The minimum absolute atomic E-state index is 0.00441. The maximum absolute atomic E-state index is 13.2. The second kappa shape index (κ2) is 37.8. The average Bonchev–Trinajstić information content (AvgIpc) is 0.707. The van der Waals surface area contributed by atoms with Crippen LogP contribution in [0.5, 0.6) is 0 Å². The maximum atomic E-state index is 13.2. The molecule has 4 aliphatic rings. The highest BCUT2D eigenvalue weighted by Gasteiger charge is 2.78. The van der Waals surface area contributed by atoms with Crippen LogP contribution in [-0.4, -0.2) is 182 Å². The Bertz CT molecular complexity index is 2660. The van der Waals surface area contributed by atoms with Crippen molar-refractivity contribution in [1.82, 2.24) is 0 Å². The van der Waals surface area contributed by atoms with Gasteiger partial charge in [-0.05, 0) is 106 Å². The van der Waals surface area contributed by atoms with E-state index in [1.54, 1.807) is 13.8 Å². The molecule has 0 saturated carbocycles. The largest absolute Gasteiger partial charge is 0.479 e. The van der Waals surface area contributed by atoms with Crippen LogP contribution in [0.4, 0.5) is 0 Å². The molecule has 93 heavy (non-hydrogen) atoms. The van der Waals surface area contributed by atoms with Crippen LogP contribution in [0.15, 0.2) is 85.1 Å². The molecule has 0 radical (unpaired) electrons. The highest BCUT2D eigenvalue weighted by atomic mass is 28.6. The lowest BCUT2D eigenvalue weighted by Crippen LogP contribution is -2.83. The Morgan fingerprint density at radius 1 is 0.333 bits per heavy atom. The molecule has 4 unspecified atom stereocenters. The highest BCUT2D eigenvalue weighted by Crippen LogP contribution is 2.50. The van der Waals surface area contributed by atoms with Gasteiger partial charge in [-0.15, -0.1) is 0 Å². The highest BCUT2D eigenvalue weighted by molar-refractivity contribution is 7.00. The third-order valence-electron chi connectivity index (χ3n) is 13.4. The topological polar surface area (TPSA) is 321 Å². The third-order valence-corrected chi connectivity index (χ3v) is 50.4. The molecule has 4 heterocycles. The summed E-state index contributed by atoms with van der Waals surface area (Å²) in [5, 5.41) is 0.